The molecular weight excluding hydrogens is 465 g/mol. The van der Waals surface area contributed by atoms with Crippen LogP contribution < -0.4 is 0 Å². The molecule has 28 heavy (non-hydrogen) atoms. The first-order valence-electron chi connectivity index (χ1n) is 10.7. The lowest BCUT2D eigenvalue weighted by atomic mass is 9.78. The number of likely N-dealkylation sites (tertiary alicyclic amines) is 2. The van der Waals surface area contributed by atoms with Gasteiger partial charge >= 0.3 is 6.09 Å². The van der Waals surface area contributed by atoms with Crippen LogP contribution in [0.1, 0.15) is 37.7 Å². The van der Waals surface area contributed by atoms with E-state index in [1.807, 2.05) is 35.2 Å². The maximum atomic E-state index is 12.3. The highest BCUT2D eigenvalue weighted by atomic mass is 127. The molecular formula is C22H32IN3O2. The van der Waals surface area contributed by atoms with Gasteiger partial charge in [-0.15, -0.1) is 0 Å². The number of rotatable bonds is 4. The van der Waals surface area contributed by atoms with Gasteiger partial charge in [0.25, 0.3) is 0 Å². The second kappa shape index (κ2) is 9.30. The summed E-state index contributed by atoms with van der Waals surface area (Å²) in [5.41, 5.74) is 1.63. The molecule has 3 aliphatic heterocycles. The van der Waals surface area contributed by atoms with Gasteiger partial charge in [0.2, 0.25) is 0 Å². The zero-order valence-corrected chi connectivity index (χ0v) is 18.9. The van der Waals surface area contributed by atoms with Crippen molar-refractivity contribution in [2.75, 3.05) is 45.8 Å². The summed E-state index contributed by atoms with van der Waals surface area (Å²) in [5, 5.41) is 0. The van der Waals surface area contributed by atoms with Crippen molar-refractivity contribution in [1.82, 2.24) is 12.9 Å². The Morgan fingerprint density at radius 1 is 1.04 bits per heavy atom. The number of carbonyl (C=O) groups excluding carboxylic acids is 1. The zero-order valence-electron chi connectivity index (χ0n) is 16.7. The van der Waals surface area contributed by atoms with Crippen molar-refractivity contribution in [3.8, 4) is 0 Å². The Morgan fingerprint density at radius 2 is 1.71 bits per heavy atom. The first-order valence-corrected chi connectivity index (χ1v) is 11.7. The van der Waals surface area contributed by atoms with Crippen molar-refractivity contribution in [2.45, 2.75) is 38.7 Å². The molecule has 1 amide bonds. The minimum atomic E-state index is -0.159. The van der Waals surface area contributed by atoms with Crippen LogP contribution in [0, 0.1) is 11.3 Å². The lowest BCUT2D eigenvalue weighted by Gasteiger charge is -2.37. The Morgan fingerprint density at radius 3 is 2.43 bits per heavy atom. The van der Waals surface area contributed by atoms with Crippen molar-refractivity contribution in [3.05, 3.63) is 35.9 Å². The highest BCUT2D eigenvalue weighted by Crippen LogP contribution is 2.41. The number of carbonyl (C=O) groups is 1. The number of hydrogen-bond acceptors (Lipinski definition) is 4. The summed E-state index contributed by atoms with van der Waals surface area (Å²) >= 11 is 2.47. The van der Waals surface area contributed by atoms with Crippen molar-refractivity contribution in [1.29, 1.82) is 0 Å². The average Bonchev–Trinajstić information content (AvgIpc) is 3.12. The third kappa shape index (κ3) is 5.19. The molecule has 0 bridgehead atoms. The Bertz CT molecular complexity index is 640. The molecule has 6 heteroatoms. The second-order valence-electron chi connectivity index (χ2n) is 8.87. The van der Waals surface area contributed by atoms with E-state index < -0.39 is 0 Å². The number of halogens is 1. The van der Waals surface area contributed by atoms with Crippen LogP contribution in [0.3, 0.4) is 0 Å². The fourth-order valence-corrected chi connectivity index (χ4v) is 5.50. The summed E-state index contributed by atoms with van der Waals surface area (Å²) in [6, 6.07) is 9.91. The molecule has 0 atom stereocenters. The van der Waals surface area contributed by atoms with E-state index in [-0.39, 0.29) is 6.09 Å². The molecule has 0 unspecified atom stereocenters. The smallest absolute Gasteiger partial charge is 0.410 e. The largest absolute Gasteiger partial charge is 0.445 e. The molecule has 1 spiro atoms. The lowest BCUT2D eigenvalue weighted by molar-refractivity contribution is 0.0772. The third-order valence-electron chi connectivity index (χ3n) is 6.88. The van der Waals surface area contributed by atoms with Crippen LogP contribution in [0.5, 0.6) is 0 Å². The van der Waals surface area contributed by atoms with Crippen molar-refractivity contribution in [3.63, 3.8) is 0 Å². The first kappa shape index (κ1) is 20.4. The number of amides is 1. The minimum Gasteiger partial charge on any atom is -0.445 e. The maximum absolute atomic E-state index is 12.3. The van der Waals surface area contributed by atoms with E-state index in [2.05, 4.69) is 30.9 Å². The fraction of sp³-hybridized carbons (Fsp3) is 0.682. The van der Waals surface area contributed by atoms with Crippen LogP contribution in [-0.2, 0) is 11.3 Å². The molecule has 4 rings (SSSR count). The second-order valence-corrected chi connectivity index (χ2v) is 10.2. The number of hydrogen-bond donors (Lipinski definition) is 0. The Hall–Kier alpha value is -0.860. The van der Waals surface area contributed by atoms with Crippen molar-refractivity contribution in [2.24, 2.45) is 11.3 Å². The molecule has 0 aromatic heterocycles. The van der Waals surface area contributed by atoms with E-state index in [0.717, 1.165) is 37.4 Å². The lowest BCUT2D eigenvalue weighted by Crippen LogP contribution is -2.42. The summed E-state index contributed by atoms with van der Waals surface area (Å²) in [6.45, 7) is 8.29. The summed E-state index contributed by atoms with van der Waals surface area (Å²) in [4.78, 5) is 16.9. The van der Waals surface area contributed by atoms with Crippen LogP contribution in [0.15, 0.2) is 30.3 Å². The summed E-state index contributed by atoms with van der Waals surface area (Å²) in [5.74, 6) is 0.720. The van der Waals surface area contributed by atoms with E-state index in [1.54, 1.807) is 0 Å². The van der Waals surface area contributed by atoms with E-state index in [4.69, 9.17) is 4.74 Å². The molecule has 3 aliphatic rings. The van der Waals surface area contributed by atoms with E-state index in [0.29, 0.717) is 12.0 Å². The molecule has 3 heterocycles. The normalized spacial score (nSPS) is 24.0. The summed E-state index contributed by atoms with van der Waals surface area (Å²) in [6.07, 6.45) is 6.14. The first-order chi connectivity index (χ1) is 13.6. The average molecular weight is 497 g/mol. The van der Waals surface area contributed by atoms with E-state index in [1.165, 1.54) is 52.0 Å². The summed E-state index contributed by atoms with van der Waals surface area (Å²) < 4.78 is 7.93. The van der Waals surface area contributed by atoms with Crippen molar-refractivity contribution >= 4 is 29.0 Å². The number of piperidine rings is 2. The van der Waals surface area contributed by atoms with Crippen LogP contribution in [0.2, 0.25) is 0 Å². The Labute approximate surface area is 182 Å². The highest BCUT2D eigenvalue weighted by Gasteiger charge is 2.40. The predicted molar refractivity (Wildman–Crippen MR) is 119 cm³/mol. The highest BCUT2D eigenvalue weighted by molar-refractivity contribution is 14.1. The number of benzene rings is 1. The zero-order chi connectivity index (χ0) is 19.4. The van der Waals surface area contributed by atoms with Gasteiger partial charge in [0.1, 0.15) is 6.61 Å². The molecule has 5 nitrogen and oxygen atoms in total. The monoisotopic (exact) mass is 497 g/mol. The molecule has 3 saturated heterocycles. The minimum absolute atomic E-state index is 0.159. The van der Waals surface area contributed by atoms with Crippen LogP contribution in [0.25, 0.3) is 0 Å². The molecule has 0 aliphatic carbocycles. The summed E-state index contributed by atoms with van der Waals surface area (Å²) in [7, 11) is 0. The predicted octanol–water partition coefficient (Wildman–Crippen LogP) is 4.17. The molecule has 0 N–H and O–H groups in total. The van der Waals surface area contributed by atoms with Crippen LogP contribution in [-0.4, -0.2) is 64.8 Å². The van der Waals surface area contributed by atoms with Gasteiger partial charge in [-0.2, -0.15) is 0 Å². The molecule has 154 valence electrons. The molecule has 1 aromatic rings. The quantitative estimate of drug-likeness (QED) is 0.462. The van der Waals surface area contributed by atoms with Gasteiger partial charge in [0, 0.05) is 62.1 Å². The van der Waals surface area contributed by atoms with Crippen LogP contribution >= 0.6 is 22.9 Å². The van der Waals surface area contributed by atoms with Gasteiger partial charge in [-0.05, 0) is 55.5 Å². The van der Waals surface area contributed by atoms with Crippen molar-refractivity contribution < 1.29 is 9.53 Å². The van der Waals surface area contributed by atoms with Gasteiger partial charge < -0.3 is 14.5 Å². The van der Waals surface area contributed by atoms with Gasteiger partial charge in [0.15, 0.2) is 0 Å². The Kier molecular flexibility index (Phi) is 6.78. The van der Waals surface area contributed by atoms with Gasteiger partial charge in [-0.25, -0.2) is 7.91 Å². The number of ether oxygens (including phenoxy) is 1. The molecule has 1 aromatic carbocycles. The van der Waals surface area contributed by atoms with Crippen LogP contribution in [0.4, 0.5) is 4.79 Å². The standard InChI is InChI=1S/C22H32IN3O2/c23-26-14-9-22(10-15-26)8-13-24(18-22)16-19-6-11-25(12-7-19)21(27)28-17-20-4-2-1-3-5-20/h1-5,19H,6-18H2. The maximum Gasteiger partial charge on any atom is 0.410 e. The molecule has 3 fully saturated rings. The third-order valence-corrected chi connectivity index (χ3v) is 7.85. The van der Waals surface area contributed by atoms with Gasteiger partial charge in [0.05, 0.1) is 0 Å². The Balaban J connectivity index is 1.17. The molecule has 0 saturated carbocycles. The SMILES string of the molecule is O=C(OCc1ccccc1)N1CCC(CN2CCC3(CCN(I)CC3)C2)CC1. The fourth-order valence-electron chi connectivity index (χ4n) is 5.02. The van der Waals surface area contributed by atoms with E-state index >= 15 is 0 Å². The topological polar surface area (TPSA) is 36.0 Å². The van der Waals surface area contributed by atoms with E-state index in [9.17, 15) is 4.79 Å². The van der Waals surface area contributed by atoms with Gasteiger partial charge in [-0.1, -0.05) is 30.3 Å². The number of nitrogens with zero attached hydrogens (tertiary/aromatic N) is 3. The molecule has 0 radical (unpaired) electrons. The van der Waals surface area contributed by atoms with Gasteiger partial charge in [-0.3, -0.25) is 0 Å².